The number of benzene rings is 10. The zero-order valence-corrected chi connectivity index (χ0v) is 36.2. The van der Waals surface area contributed by atoms with Gasteiger partial charge in [0.25, 0.3) is 0 Å². The fourth-order valence-corrected chi connectivity index (χ4v) is 10.9. The van der Waals surface area contributed by atoms with Gasteiger partial charge in [0.15, 0.2) is 0 Å². The molecular weight excluding hydrogens is 771 g/mol. The number of anilines is 3. The van der Waals surface area contributed by atoms with Crippen LogP contribution >= 0.6 is 0 Å². The van der Waals surface area contributed by atoms with Crippen molar-refractivity contribution in [1.82, 2.24) is 0 Å². The summed E-state index contributed by atoms with van der Waals surface area (Å²) in [5.74, 6) is 0. The topological polar surface area (TPSA) is 3.24 Å². The maximum Gasteiger partial charge on any atom is 0.0462 e. The number of allylic oxidation sites excluding steroid dienone is 1. The Bertz CT molecular complexity index is 3380. The Labute approximate surface area is 376 Å². The van der Waals surface area contributed by atoms with E-state index in [1.165, 1.54) is 99.4 Å². The lowest BCUT2D eigenvalue weighted by Crippen LogP contribution is -2.14. The SMILES string of the molecule is CC1(C)c2ccccc2-c2ccc(-c3ccc4c(c3)c3c(c5c(-c6ccccc6)c(-c6ccccc6)cc(-c6ccc(N(c7ccccc7)c7ccccc7)cc6)c54)C=CCC3)cc21. The summed E-state index contributed by atoms with van der Waals surface area (Å²) in [5, 5.41) is 5.26. The lowest BCUT2D eigenvalue weighted by molar-refractivity contribution is 0.660. The summed E-state index contributed by atoms with van der Waals surface area (Å²) >= 11 is 0. The van der Waals surface area contributed by atoms with Gasteiger partial charge in [-0.05, 0) is 167 Å². The lowest BCUT2D eigenvalue weighted by Gasteiger charge is -2.27. The molecule has 2 aliphatic rings. The molecule has 10 aromatic carbocycles. The average Bonchev–Trinajstić information content (AvgIpc) is 3.59. The second-order valence-corrected chi connectivity index (χ2v) is 17.9. The van der Waals surface area contributed by atoms with E-state index < -0.39 is 0 Å². The van der Waals surface area contributed by atoms with Crippen molar-refractivity contribution in [3.63, 3.8) is 0 Å². The molecule has 0 bridgehead atoms. The number of aryl methyl sites for hydroxylation is 1. The second kappa shape index (κ2) is 15.3. The lowest BCUT2D eigenvalue weighted by atomic mass is 9.78. The van der Waals surface area contributed by atoms with E-state index in [0.29, 0.717) is 0 Å². The third kappa shape index (κ3) is 6.15. The monoisotopic (exact) mass is 817 g/mol. The van der Waals surface area contributed by atoms with Gasteiger partial charge in [0, 0.05) is 22.5 Å². The van der Waals surface area contributed by atoms with Gasteiger partial charge in [-0.25, -0.2) is 0 Å². The predicted molar refractivity (Wildman–Crippen MR) is 273 cm³/mol. The van der Waals surface area contributed by atoms with E-state index in [-0.39, 0.29) is 5.41 Å². The van der Waals surface area contributed by atoms with Crippen molar-refractivity contribution in [2.75, 3.05) is 4.90 Å². The zero-order valence-electron chi connectivity index (χ0n) is 36.2. The number of rotatable bonds is 7. The molecule has 0 aliphatic heterocycles. The smallest absolute Gasteiger partial charge is 0.0462 e. The highest BCUT2D eigenvalue weighted by Gasteiger charge is 2.35. The molecule has 0 heterocycles. The summed E-state index contributed by atoms with van der Waals surface area (Å²) in [6, 6.07) is 78.5. The quantitative estimate of drug-likeness (QED) is 0.145. The van der Waals surface area contributed by atoms with Crippen molar-refractivity contribution < 1.29 is 0 Å². The first-order valence-electron chi connectivity index (χ1n) is 22.6. The zero-order chi connectivity index (χ0) is 42.8. The van der Waals surface area contributed by atoms with Crippen LogP contribution in [-0.2, 0) is 11.8 Å². The predicted octanol–water partition coefficient (Wildman–Crippen LogP) is 17.4. The average molecular weight is 818 g/mol. The van der Waals surface area contributed by atoms with Crippen molar-refractivity contribution in [1.29, 1.82) is 0 Å². The van der Waals surface area contributed by atoms with Gasteiger partial charge in [0.2, 0.25) is 0 Å². The minimum Gasteiger partial charge on any atom is -0.311 e. The maximum atomic E-state index is 2.50. The van der Waals surface area contributed by atoms with E-state index in [1.54, 1.807) is 0 Å². The van der Waals surface area contributed by atoms with E-state index in [2.05, 4.69) is 243 Å². The number of fused-ring (bicyclic) bond motifs is 9. The summed E-state index contributed by atoms with van der Waals surface area (Å²) in [5.41, 5.74) is 21.5. The van der Waals surface area contributed by atoms with Gasteiger partial charge in [-0.2, -0.15) is 0 Å². The summed E-state index contributed by atoms with van der Waals surface area (Å²) < 4.78 is 0. The van der Waals surface area contributed by atoms with E-state index >= 15 is 0 Å². The Morgan fingerprint density at radius 3 is 1.64 bits per heavy atom. The van der Waals surface area contributed by atoms with Crippen LogP contribution in [0.3, 0.4) is 0 Å². The van der Waals surface area contributed by atoms with E-state index in [9.17, 15) is 0 Å². The van der Waals surface area contributed by atoms with Crippen molar-refractivity contribution in [3.05, 3.63) is 241 Å². The van der Waals surface area contributed by atoms with Crippen LogP contribution < -0.4 is 4.90 Å². The van der Waals surface area contributed by atoms with Gasteiger partial charge in [-0.15, -0.1) is 0 Å². The van der Waals surface area contributed by atoms with Crippen LogP contribution in [-0.4, -0.2) is 0 Å². The van der Waals surface area contributed by atoms with Crippen molar-refractivity contribution in [3.8, 4) is 55.6 Å². The molecule has 10 aromatic rings. The van der Waals surface area contributed by atoms with Gasteiger partial charge in [-0.3, -0.25) is 0 Å². The molecule has 0 unspecified atom stereocenters. The Kier molecular flexibility index (Phi) is 9.05. The van der Waals surface area contributed by atoms with Gasteiger partial charge in [-0.1, -0.05) is 184 Å². The Morgan fingerprint density at radius 2 is 0.938 bits per heavy atom. The molecule has 0 spiro atoms. The third-order valence-electron chi connectivity index (χ3n) is 13.9. The Balaban J connectivity index is 1.12. The summed E-state index contributed by atoms with van der Waals surface area (Å²) in [7, 11) is 0. The molecule has 2 aliphatic carbocycles. The van der Waals surface area contributed by atoms with Crippen LogP contribution in [0.5, 0.6) is 0 Å². The Hall–Kier alpha value is -7.74. The van der Waals surface area contributed by atoms with E-state index in [4.69, 9.17) is 0 Å². The second-order valence-electron chi connectivity index (χ2n) is 17.9. The first-order chi connectivity index (χ1) is 31.5. The van der Waals surface area contributed by atoms with Crippen LogP contribution in [0, 0.1) is 0 Å². The molecule has 12 rings (SSSR count). The molecule has 0 amide bonds. The van der Waals surface area contributed by atoms with Crippen LogP contribution in [0.4, 0.5) is 17.1 Å². The molecule has 0 saturated carbocycles. The fourth-order valence-electron chi connectivity index (χ4n) is 10.9. The summed E-state index contributed by atoms with van der Waals surface area (Å²) in [6.45, 7) is 4.75. The highest BCUT2D eigenvalue weighted by Crippen LogP contribution is 2.52. The minimum absolute atomic E-state index is 0.0626. The van der Waals surface area contributed by atoms with Crippen LogP contribution in [0.25, 0.3) is 83.3 Å². The molecule has 0 radical (unpaired) electrons. The molecular formula is C63H47N. The molecule has 0 atom stereocenters. The largest absolute Gasteiger partial charge is 0.311 e. The Morgan fingerprint density at radius 1 is 0.391 bits per heavy atom. The number of para-hydroxylation sites is 2. The minimum atomic E-state index is -0.0626. The third-order valence-corrected chi connectivity index (χ3v) is 13.9. The van der Waals surface area contributed by atoms with Gasteiger partial charge in [0.1, 0.15) is 0 Å². The van der Waals surface area contributed by atoms with E-state index in [0.717, 1.165) is 29.9 Å². The number of hydrogen-bond donors (Lipinski definition) is 0. The molecule has 1 nitrogen and oxygen atoms in total. The molecule has 304 valence electrons. The highest BCUT2D eigenvalue weighted by atomic mass is 15.1. The van der Waals surface area contributed by atoms with Gasteiger partial charge in [0.05, 0.1) is 0 Å². The molecule has 0 saturated heterocycles. The van der Waals surface area contributed by atoms with Crippen LogP contribution in [0.1, 0.15) is 42.5 Å². The van der Waals surface area contributed by atoms with Crippen molar-refractivity contribution >= 4 is 44.7 Å². The first kappa shape index (κ1) is 38.0. The van der Waals surface area contributed by atoms with Crippen LogP contribution in [0.2, 0.25) is 0 Å². The van der Waals surface area contributed by atoms with Gasteiger partial charge < -0.3 is 4.90 Å². The van der Waals surface area contributed by atoms with Gasteiger partial charge >= 0.3 is 0 Å². The molecule has 0 N–H and O–H groups in total. The first-order valence-corrected chi connectivity index (χ1v) is 22.6. The fraction of sp³-hybridized carbons (Fsp3) is 0.0794. The van der Waals surface area contributed by atoms with E-state index in [1.807, 2.05) is 0 Å². The normalized spacial score (nSPS) is 13.4. The molecule has 1 heteroatoms. The van der Waals surface area contributed by atoms with Crippen molar-refractivity contribution in [2.24, 2.45) is 0 Å². The number of nitrogens with zero attached hydrogens (tertiary/aromatic N) is 1. The molecule has 0 aromatic heterocycles. The molecule has 64 heavy (non-hydrogen) atoms. The van der Waals surface area contributed by atoms with Crippen LogP contribution in [0.15, 0.2) is 218 Å². The highest BCUT2D eigenvalue weighted by molar-refractivity contribution is 6.25. The number of hydrogen-bond acceptors (Lipinski definition) is 1. The van der Waals surface area contributed by atoms with Crippen molar-refractivity contribution in [2.45, 2.75) is 32.1 Å². The summed E-state index contributed by atoms with van der Waals surface area (Å²) in [4.78, 5) is 2.34. The standard InChI is InChI=1S/C63H47N/c1-63(2)58-30-18-17-28-51(58)52-37-33-46(40-59(52)63)45-34-38-54-57(39-45)50-27-15-16-29-53(50)62-60(44-21-9-4-10-22-44)55(42-19-7-3-8-20-42)41-56(61(54)62)43-31-35-49(36-32-43)64(47-23-11-5-12-24-47)48-25-13-6-14-26-48/h3-14,16-26,28-41H,15,27H2,1-2H3. The molecule has 0 fully saturated rings. The maximum absolute atomic E-state index is 2.50. The summed E-state index contributed by atoms with van der Waals surface area (Å²) in [6.07, 6.45) is 6.83.